The maximum atomic E-state index is 6.03. The first-order valence-electron chi connectivity index (χ1n) is 5.86. The van der Waals surface area contributed by atoms with Crippen molar-refractivity contribution in [3.05, 3.63) is 35.9 Å². The molecule has 0 radical (unpaired) electrons. The van der Waals surface area contributed by atoms with Gasteiger partial charge in [0.2, 0.25) is 0 Å². The summed E-state index contributed by atoms with van der Waals surface area (Å²) in [6.07, 6.45) is 1.02. The van der Waals surface area contributed by atoms with Gasteiger partial charge in [-0.1, -0.05) is 51.1 Å². The lowest BCUT2D eigenvalue weighted by molar-refractivity contribution is -0.0820. The van der Waals surface area contributed by atoms with Gasteiger partial charge in [-0.25, -0.2) is 0 Å². The fraction of sp³-hybridized carbons (Fsp3) is 0.571. The lowest BCUT2D eigenvalue weighted by atomic mass is 9.81. The third kappa shape index (κ3) is 2.40. The summed E-state index contributed by atoms with van der Waals surface area (Å²) in [7, 11) is 0. The van der Waals surface area contributed by atoms with Gasteiger partial charge in [0.25, 0.3) is 0 Å². The summed E-state index contributed by atoms with van der Waals surface area (Å²) in [6, 6.07) is 10.6. The van der Waals surface area contributed by atoms with Crippen molar-refractivity contribution in [2.45, 2.75) is 39.7 Å². The molecule has 0 heterocycles. The molecule has 0 amide bonds. The standard InChI is InChI=1S/C14H22O/c1-5-14(12(3)4,15-6-2)13-10-8-7-9-11-13/h7-12H,5-6H2,1-4H3. The summed E-state index contributed by atoms with van der Waals surface area (Å²) in [5.74, 6) is 0.491. The Hall–Kier alpha value is -0.820. The summed E-state index contributed by atoms with van der Waals surface area (Å²) in [5.41, 5.74) is 1.18. The molecule has 0 saturated carbocycles. The number of ether oxygens (including phenoxy) is 1. The van der Waals surface area contributed by atoms with E-state index < -0.39 is 0 Å². The molecule has 84 valence electrons. The maximum absolute atomic E-state index is 6.03. The molecule has 1 aromatic rings. The Labute approximate surface area is 93.5 Å². The molecule has 0 saturated heterocycles. The van der Waals surface area contributed by atoms with Gasteiger partial charge in [0.05, 0.1) is 5.60 Å². The minimum atomic E-state index is -0.115. The SMILES string of the molecule is CCOC(CC)(c1ccccc1)C(C)C. The van der Waals surface area contributed by atoms with Gasteiger partial charge in [0, 0.05) is 6.61 Å². The van der Waals surface area contributed by atoms with Gasteiger partial charge in [-0.15, -0.1) is 0 Å². The second-order valence-electron chi connectivity index (χ2n) is 4.20. The monoisotopic (exact) mass is 206 g/mol. The quantitative estimate of drug-likeness (QED) is 0.708. The lowest BCUT2D eigenvalue weighted by Crippen LogP contribution is -2.34. The minimum Gasteiger partial charge on any atom is -0.370 e. The Bertz CT molecular complexity index is 279. The van der Waals surface area contributed by atoms with Crippen LogP contribution in [0.4, 0.5) is 0 Å². The fourth-order valence-electron chi connectivity index (χ4n) is 2.28. The lowest BCUT2D eigenvalue weighted by Gasteiger charge is -2.37. The van der Waals surface area contributed by atoms with Crippen molar-refractivity contribution < 1.29 is 4.74 Å². The summed E-state index contributed by atoms with van der Waals surface area (Å²) < 4.78 is 6.03. The normalized spacial score (nSPS) is 15.3. The van der Waals surface area contributed by atoms with Crippen LogP contribution in [-0.4, -0.2) is 6.61 Å². The van der Waals surface area contributed by atoms with E-state index >= 15 is 0 Å². The first-order chi connectivity index (χ1) is 7.17. The highest BCUT2D eigenvalue weighted by Crippen LogP contribution is 2.36. The van der Waals surface area contributed by atoms with Crippen LogP contribution in [0.15, 0.2) is 30.3 Å². The third-order valence-electron chi connectivity index (χ3n) is 3.12. The highest BCUT2D eigenvalue weighted by atomic mass is 16.5. The van der Waals surface area contributed by atoms with Crippen molar-refractivity contribution >= 4 is 0 Å². The van der Waals surface area contributed by atoms with Gasteiger partial charge in [-0.2, -0.15) is 0 Å². The Balaban J connectivity index is 3.09. The number of rotatable bonds is 5. The zero-order valence-electron chi connectivity index (χ0n) is 10.3. The molecule has 1 aromatic carbocycles. The summed E-state index contributed by atoms with van der Waals surface area (Å²) in [4.78, 5) is 0. The molecule has 0 N–H and O–H groups in total. The van der Waals surface area contributed by atoms with Crippen LogP contribution in [0.1, 0.15) is 39.7 Å². The van der Waals surface area contributed by atoms with E-state index in [2.05, 4.69) is 58.0 Å². The van der Waals surface area contributed by atoms with Crippen molar-refractivity contribution in [3.8, 4) is 0 Å². The topological polar surface area (TPSA) is 9.23 Å². The highest BCUT2D eigenvalue weighted by Gasteiger charge is 2.34. The van der Waals surface area contributed by atoms with E-state index in [1.165, 1.54) is 5.56 Å². The van der Waals surface area contributed by atoms with Crippen molar-refractivity contribution in [2.24, 2.45) is 5.92 Å². The van der Waals surface area contributed by atoms with Crippen molar-refractivity contribution in [3.63, 3.8) is 0 Å². The molecular formula is C14H22O. The van der Waals surface area contributed by atoms with Gasteiger partial charge in [0.15, 0.2) is 0 Å². The van der Waals surface area contributed by atoms with Gasteiger partial charge in [-0.05, 0) is 24.8 Å². The van der Waals surface area contributed by atoms with E-state index in [-0.39, 0.29) is 5.60 Å². The van der Waals surface area contributed by atoms with Gasteiger partial charge < -0.3 is 4.74 Å². The minimum absolute atomic E-state index is 0.115. The number of benzene rings is 1. The van der Waals surface area contributed by atoms with Crippen molar-refractivity contribution in [1.29, 1.82) is 0 Å². The van der Waals surface area contributed by atoms with Gasteiger partial charge in [-0.3, -0.25) is 0 Å². The Morgan fingerprint density at radius 1 is 1.13 bits per heavy atom. The van der Waals surface area contributed by atoms with E-state index in [0.717, 1.165) is 13.0 Å². The molecule has 0 aliphatic carbocycles. The molecule has 1 atom stereocenters. The van der Waals surface area contributed by atoms with Crippen LogP contribution in [0, 0.1) is 5.92 Å². The molecular weight excluding hydrogens is 184 g/mol. The molecule has 0 aliphatic heterocycles. The molecule has 1 unspecified atom stereocenters. The molecule has 0 aliphatic rings. The first-order valence-corrected chi connectivity index (χ1v) is 5.86. The van der Waals surface area contributed by atoms with Crippen LogP contribution < -0.4 is 0 Å². The van der Waals surface area contributed by atoms with Crippen LogP contribution in [0.3, 0.4) is 0 Å². The van der Waals surface area contributed by atoms with Crippen LogP contribution in [0.5, 0.6) is 0 Å². The van der Waals surface area contributed by atoms with Crippen molar-refractivity contribution in [2.75, 3.05) is 6.61 Å². The molecule has 0 bridgehead atoms. The molecule has 1 rings (SSSR count). The zero-order chi connectivity index (χ0) is 11.3. The molecule has 0 fully saturated rings. The molecule has 1 heteroatoms. The molecule has 1 nitrogen and oxygen atoms in total. The summed E-state index contributed by atoms with van der Waals surface area (Å²) >= 11 is 0. The first kappa shape index (κ1) is 12.3. The zero-order valence-corrected chi connectivity index (χ0v) is 10.3. The average molecular weight is 206 g/mol. The molecule has 0 spiro atoms. The summed E-state index contributed by atoms with van der Waals surface area (Å²) in [5, 5.41) is 0. The summed E-state index contributed by atoms with van der Waals surface area (Å²) in [6.45, 7) is 9.48. The third-order valence-corrected chi connectivity index (χ3v) is 3.12. The Morgan fingerprint density at radius 3 is 2.13 bits per heavy atom. The number of hydrogen-bond acceptors (Lipinski definition) is 1. The van der Waals surface area contributed by atoms with Gasteiger partial charge in [0.1, 0.15) is 0 Å². The molecule has 0 aromatic heterocycles. The van der Waals surface area contributed by atoms with E-state index in [9.17, 15) is 0 Å². The van der Waals surface area contributed by atoms with Crippen LogP contribution >= 0.6 is 0 Å². The van der Waals surface area contributed by atoms with E-state index in [0.29, 0.717) is 5.92 Å². The van der Waals surface area contributed by atoms with E-state index in [1.807, 2.05) is 0 Å². The molecule has 15 heavy (non-hydrogen) atoms. The maximum Gasteiger partial charge on any atom is 0.0951 e. The van der Waals surface area contributed by atoms with Crippen LogP contribution in [0.2, 0.25) is 0 Å². The predicted molar refractivity (Wildman–Crippen MR) is 64.9 cm³/mol. The largest absolute Gasteiger partial charge is 0.370 e. The second-order valence-corrected chi connectivity index (χ2v) is 4.20. The smallest absolute Gasteiger partial charge is 0.0951 e. The average Bonchev–Trinajstić information content (AvgIpc) is 2.26. The van der Waals surface area contributed by atoms with E-state index in [1.54, 1.807) is 0 Å². The van der Waals surface area contributed by atoms with Crippen LogP contribution in [0.25, 0.3) is 0 Å². The van der Waals surface area contributed by atoms with E-state index in [4.69, 9.17) is 4.74 Å². The fourth-order valence-corrected chi connectivity index (χ4v) is 2.28. The number of hydrogen-bond donors (Lipinski definition) is 0. The predicted octanol–water partition coefficient (Wildman–Crippen LogP) is 3.98. The Kier molecular flexibility index (Phi) is 4.34. The highest BCUT2D eigenvalue weighted by molar-refractivity contribution is 5.23. The second kappa shape index (κ2) is 5.32. The van der Waals surface area contributed by atoms with Crippen molar-refractivity contribution in [1.82, 2.24) is 0 Å². The Morgan fingerprint density at radius 2 is 1.73 bits per heavy atom. The van der Waals surface area contributed by atoms with Crippen LogP contribution in [-0.2, 0) is 10.3 Å². The van der Waals surface area contributed by atoms with Gasteiger partial charge >= 0.3 is 0 Å².